The molecule has 2 aliphatic rings. The summed E-state index contributed by atoms with van der Waals surface area (Å²) in [5, 5.41) is 9.01. The molecule has 4 nitrogen and oxygen atoms in total. The third-order valence-electron chi connectivity index (χ3n) is 8.15. The van der Waals surface area contributed by atoms with E-state index in [1.54, 1.807) is 5.01 Å². The van der Waals surface area contributed by atoms with Crippen molar-refractivity contribution >= 4 is 51.8 Å². The summed E-state index contributed by atoms with van der Waals surface area (Å²) in [5.41, 5.74) is 7.31. The number of hydrogen-bond acceptors (Lipinski definition) is 3. The van der Waals surface area contributed by atoms with E-state index in [4.69, 9.17) is 33.3 Å². The highest BCUT2D eigenvalue weighted by atomic mass is 35.5. The molecule has 0 unspecified atom stereocenters. The summed E-state index contributed by atoms with van der Waals surface area (Å²) in [6.07, 6.45) is 5.05. The molecule has 1 aromatic heterocycles. The van der Waals surface area contributed by atoms with Gasteiger partial charge in [0, 0.05) is 26.9 Å². The summed E-state index contributed by atoms with van der Waals surface area (Å²) in [5.74, 6) is -0.0670. The third-order valence-corrected chi connectivity index (χ3v) is 8.65. The molecule has 0 saturated heterocycles. The molecule has 1 aliphatic carbocycles. The number of benzene rings is 4. The van der Waals surface area contributed by atoms with E-state index in [1.165, 1.54) is 0 Å². The minimum absolute atomic E-state index is 0.0733. The number of para-hydroxylation sites is 1. The van der Waals surface area contributed by atoms with Crippen LogP contribution in [0.2, 0.25) is 10.0 Å². The van der Waals surface area contributed by atoms with Gasteiger partial charge in [-0.15, -0.1) is 0 Å². The molecule has 2 atom stereocenters. The summed E-state index contributed by atoms with van der Waals surface area (Å²) < 4.78 is 0. The van der Waals surface area contributed by atoms with Crippen LogP contribution in [0, 0.1) is 5.92 Å². The molecule has 0 N–H and O–H groups in total. The quantitative estimate of drug-likeness (QED) is 0.210. The van der Waals surface area contributed by atoms with Crippen LogP contribution in [0.15, 0.2) is 120 Å². The molecule has 1 aliphatic heterocycles. The molecule has 7 rings (SSSR count). The monoisotopic (exact) mass is 587 g/mol. The average molecular weight is 589 g/mol. The van der Waals surface area contributed by atoms with E-state index in [9.17, 15) is 4.79 Å². The number of halogens is 2. The van der Waals surface area contributed by atoms with Gasteiger partial charge in [0.2, 0.25) is 0 Å². The van der Waals surface area contributed by atoms with E-state index in [0.29, 0.717) is 15.6 Å². The standard InChI is InChI=1S/C36H27Cl2N3O/c37-27-17-13-23(14-18-27)21-26-9-6-11-30-34(26)40-41(35(30)25-15-19-28(38)20-16-25)36(42)31-22-33(24-7-2-1-3-8-24)39-32-12-5-4-10-29(31)32/h1-5,7-8,10,12-22,30,35H,6,9,11H2/b26-21+/t30-,35-/m1/s1. The number of hydrazone groups is 1. The molecule has 6 heteroatoms. The van der Waals surface area contributed by atoms with E-state index in [-0.39, 0.29) is 17.9 Å². The Morgan fingerprint density at radius 2 is 1.52 bits per heavy atom. The molecular weight excluding hydrogens is 561 g/mol. The van der Waals surface area contributed by atoms with Crippen molar-refractivity contribution in [1.29, 1.82) is 0 Å². The maximum Gasteiger partial charge on any atom is 0.275 e. The van der Waals surface area contributed by atoms with Gasteiger partial charge in [-0.25, -0.2) is 9.99 Å². The predicted octanol–water partition coefficient (Wildman–Crippen LogP) is 9.65. The average Bonchev–Trinajstić information content (AvgIpc) is 3.43. The summed E-state index contributed by atoms with van der Waals surface area (Å²) in [4.78, 5) is 19.6. The van der Waals surface area contributed by atoms with Crippen molar-refractivity contribution in [3.8, 4) is 11.3 Å². The van der Waals surface area contributed by atoms with Crippen LogP contribution >= 0.6 is 23.2 Å². The molecule has 0 radical (unpaired) electrons. The molecule has 2 heterocycles. The van der Waals surface area contributed by atoms with Gasteiger partial charge in [-0.1, -0.05) is 96.0 Å². The van der Waals surface area contributed by atoms with Gasteiger partial charge < -0.3 is 0 Å². The van der Waals surface area contributed by atoms with Crippen LogP contribution < -0.4 is 0 Å². The Morgan fingerprint density at radius 3 is 2.29 bits per heavy atom. The van der Waals surface area contributed by atoms with E-state index in [0.717, 1.165) is 63.8 Å². The van der Waals surface area contributed by atoms with Gasteiger partial charge >= 0.3 is 0 Å². The number of allylic oxidation sites excluding steroid dienone is 1. The predicted molar refractivity (Wildman–Crippen MR) is 172 cm³/mol. The zero-order chi connectivity index (χ0) is 28.6. The SMILES string of the molecule is O=C(c1cc(-c2ccccc2)nc2ccccc12)N1N=C2/C(=C/c3ccc(Cl)cc3)CCC[C@H]2[C@H]1c1ccc(Cl)cc1. The first-order valence-corrected chi connectivity index (χ1v) is 14.9. The third kappa shape index (κ3) is 5.02. The second-order valence-electron chi connectivity index (χ2n) is 10.8. The van der Waals surface area contributed by atoms with Crippen molar-refractivity contribution < 1.29 is 4.79 Å². The van der Waals surface area contributed by atoms with E-state index >= 15 is 0 Å². The number of carbonyl (C=O) groups is 1. The maximum absolute atomic E-state index is 14.7. The molecule has 0 bridgehead atoms. The largest absolute Gasteiger partial charge is 0.275 e. The second kappa shape index (κ2) is 11.2. The minimum Gasteiger partial charge on any atom is -0.267 e. The number of aromatic nitrogens is 1. The van der Waals surface area contributed by atoms with E-state index in [2.05, 4.69) is 6.08 Å². The lowest BCUT2D eigenvalue weighted by Crippen LogP contribution is -2.32. The van der Waals surface area contributed by atoms with Gasteiger partial charge in [0.25, 0.3) is 5.91 Å². The number of carbonyl (C=O) groups excluding carboxylic acids is 1. The molecule has 0 spiro atoms. The Kier molecular flexibility index (Phi) is 7.10. The first-order chi connectivity index (χ1) is 20.5. The number of rotatable bonds is 4. The number of hydrogen-bond donors (Lipinski definition) is 0. The minimum atomic E-state index is -0.245. The van der Waals surface area contributed by atoms with Crippen LogP contribution in [0.25, 0.3) is 28.2 Å². The Hall–Kier alpha value is -4.25. The molecular formula is C36H27Cl2N3O. The molecule has 1 fully saturated rings. The summed E-state index contributed by atoms with van der Waals surface area (Å²) in [6.45, 7) is 0. The number of fused-ring (bicyclic) bond motifs is 2. The van der Waals surface area contributed by atoms with Gasteiger partial charge in [0.15, 0.2) is 0 Å². The van der Waals surface area contributed by atoms with E-state index in [1.807, 2.05) is 109 Å². The zero-order valence-electron chi connectivity index (χ0n) is 22.8. The van der Waals surface area contributed by atoms with Crippen molar-refractivity contribution in [2.24, 2.45) is 11.0 Å². The van der Waals surface area contributed by atoms with Crippen molar-refractivity contribution in [3.05, 3.63) is 142 Å². The lowest BCUT2D eigenvalue weighted by Gasteiger charge is -2.30. The van der Waals surface area contributed by atoms with Crippen molar-refractivity contribution in [2.45, 2.75) is 25.3 Å². The van der Waals surface area contributed by atoms with Crippen LogP contribution in [0.4, 0.5) is 0 Å². The molecule has 1 amide bonds. The molecule has 4 aromatic carbocycles. The van der Waals surface area contributed by atoms with Gasteiger partial charge in [-0.3, -0.25) is 4.79 Å². The highest BCUT2D eigenvalue weighted by Gasteiger charge is 2.44. The first-order valence-electron chi connectivity index (χ1n) is 14.1. The number of nitrogens with zero attached hydrogens (tertiary/aromatic N) is 3. The Labute approximate surface area is 254 Å². The maximum atomic E-state index is 14.7. The normalized spacial score (nSPS) is 19.1. The topological polar surface area (TPSA) is 45.6 Å². The Morgan fingerprint density at radius 1 is 0.833 bits per heavy atom. The van der Waals surface area contributed by atoms with Crippen LogP contribution in [-0.2, 0) is 0 Å². The molecule has 1 saturated carbocycles. The second-order valence-corrected chi connectivity index (χ2v) is 11.7. The van der Waals surface area contributed by atoms with Gasteiger partial charge in [-0.2, -0.15) is 5.10 Å². The Bertz CT molecular complexity index is 1850. The lowest BCUT2D eigenvalue weighted by molar-refractivity contribution is 0.0683. The smallest absolute Gasteiger partial charge is 0.267 e. The Balaban J connectivity index is 1.37. The number of pyridine rings is 1. The van der Waals surface area contributed by atoms with Crippen molar-refractivity contribution in [2.75, 3.05) is 0 Å². The fourth-order valence-electron chi connectivity index (χ4n) is 6.15. The highest BCUT2D eigenvalue weighted by molar-refractivity contribution is 6.30. The van der Waals surface area contributed by atoms with Crippen LogP contribution in [0.1, 0.15) is 46.8 Å². The molecule has 5 aromatic rings. The summed E-state index contributed by atoms with van der Waals surface area (Å²) >= 11 is 12.4. The van der Waals surface area contributed by atoms with Crippen molar-refractivity contribution in [3.63, 3.8) is 0 Å². The van der Waals surface area contributed by atoms with Gasteiger partial charge in [-0.05, 0) is 78.4 Å². The fraction of sp³-hybridized carbons (Fsp3) is 0.139. The number of amides is 1. The fourth-order valence-corrected chi connectivity index (χ4v) is 6.41. The van der Waals surface area contributed by atoms with Gasteiger partial charge in [0.1, 0.15) is 0 Å². The molecule has 42 heavy (non-hydrogen) atoms. The highest BCUT2D eigenvalue weighted by Crippen LogP contribution is 2.45. The molecule has 206 valence electrons. The zero-order valence-corrected chi connectivity index (χ0v) is 24.3. The van der Waals surface area contributed by atoms with Crippen LogP contribution in [0.3, 0.4) is 0 Å². The van der Waals surface area contributed by atoms with Crippen molar-refractivity contribution in [1.82, 2.24) is 9.99 Å². The summed E-state index contributed by atoms with van der Waals surface area (Å²) in [6, 6.07) is 35.1. The van der Waals surface area contributed by atoms with E-state index < -0.39 is 0 Å². The lowest BCUT2D eigenvalue weighted by atomic mass is 9.77. The van der Waals surface area contributed by atoms with Crippen LogP contribution in [0.5, 0.6) is 0 Å². The van der Waals surface area contributed by atoms with Crippen LogP contribution in [-0.4, -0.2) is 21.6 Å². The first kappa shape index (κ1) is 26.6. The van der Waals surface area contributed by atoms with Gasteiger partial charge in [0.05, 0.1) is 28.5 Å². The summed E-state index contributed by atoms with van der Waals surface area (Å²) in [7, 11) is 0.